The normalized spacial score (nSPS) is 18.1. The number of carbonyl (C=O) groups is 1. The summed E-state index contributed by atoms with van der Waals surface area (Å²) in [5.41, 5.74) is -0.390. The van der Waals surface area contributed by atoms with Gasteiger partial charge in [0.1, 0.15) is 5.60 Å². The predicted octanol–water partition coefficient (Wildman–Crippen LogP) is 2.08. The van der Waals surface area contributed by atoms with Crippen molar-refractivity contribution in [2.24, 2.45) is 5.92 Å². The summed E-state index contributed by atoms with van der Waals surface area (Å²) in [5, 5.41) is 0. The smallest absolute Gasteiger partial charge is 0.320 e. The van der Waals surface area contributed by atoms with Gasteiger partial charge in [0, 0.05) is 13.2 Å². The Morgan fingerprint density at radius 3 is 2.50 bits per heavy atom. The van der Waals surface area contributed by atoms with Crippen LogP contribution in [0.15, 0.2) is 0 Å². The first-order valence-corrected chi connectivity index (χ1v) is 6.85. The third-order valence-corrected chi connectivity index (χ3v) is 3.08. The summed E-state index contributed by atoms with van der Waals surface area (Å²) in [6.45, 7) is 8.79. The quantitative estimate of drug-likeness (QED) is 0.707. The summed E-state index contributed by atoms with van der Waals surface area (Å²) < 4.78 is 10.6. The minimum Gasteiger partial charge on any atom is -0.459 e. The second-order valence-corrected chi connectivity index (χ2v) is 6.17. The van der Waals surface area contributed by atoms with Crippen LogP contribution in [-0.4, -0.2) is 49.8 Å². The summed E-state index contributed by atoms with van der Waals surface area (Å²) in [6.07, 6.45) is 3.45. The number of rotatable bonds is 5. The minimum absolute atomic E-state index is 0.142. The molecule has 4 heteroatoms. The molecular weight excluding hydrogens is 230 g/mol. The van der Waals surface area contributed by atoms with Crippen molar-refractivity contribution in [2.75, 3.05) is 33.4 Å². The van der Waals surface area contributed by atoms with Gasteiger partial charge < -0.3 is 9.47 Å². The van der Waals surface area contributed by atoms with Gasteiger partial charge in [0.15, 0.2) is 0 Å². The van der Waals surface area contributed by atoms with E-state index >= 15 is 0 Å². The van der Waals surface area contributed by atoms with E-state index in [4.69, 9.17) is 9.47 Å². The molecule has 4 nitrogen and oxygen atoms in total. The van der Waals surface area contributed by atoms with Crippen LogP contribution in [0.3, 0.4) is 0 Å². The lowest BCUT2D eigenvalue weighted by molar-refractivity contribution is -0.155. The lowest BCUT2D eigenvalue weighted by Gasteiger charge is -2.25. The second-order valence-electron chi connectivity index (χ2n) is 6.17. The SMILES string of the molecule is CN(CCC1CCOCC1)CC(=O)OC(C)(C)C. The van der Waals surface area contributed by atoms with Crippen molar-refractivity contribution < 1.29 is 14.3 Å². The number of likely N-dealkylation sites (N-methyl/N-ethyl adjacent to an activating group) is 1. The fourth-order valence-corrected chi connectivity index (χ4v) is 2.11. The Hall–Kier alpha value is -0.610. The van der Waals surface area contributed by atoms with Crippen LogP contribution in [0.25, 0.3) is 0 Å². The highest BCUT2D eigenvalue weighted by molar-refractivity contribution is 5.72. The monoisotopic (exact) mass is 257 g/mol. The molecule has 0 aromatic carbocycles. The molecule has 0 aromatic rings. The molecule has 18 heavy (non-hydrogen) atoms. The van der Waals surface area contributed by atoms with Gasteiger partial charge in [0.2, 0.25) is 0 Å². The molecule has 0 saturated carbocycles. The highest BCUT2D eigenvalue weighted by atomic mass is 16.6. The number of nitrogens with zero attached hydrogens (tertiary/aromatic N) is 1. The fraction of sp³-hybridized carbons (Fsp3) is 0.929. The molecule has 1 aliphatic heterocycles. The Morgan fingerprint density at radius 2 is 1.94 bits per heavy atom. The number of carbonyl (C=O) groups excluding carboxylic acids is 1. The first kappa shape index (κ1) is 15.4. The Kier molecular flexibility index (Phi) is 6.09. The van der Waals surface area contributed by atoms with Crippen LogP contribution in [0.1, 0.15) is 40.0 Å². The van der Waals surface area contributed by atoms with Gasteiger partial charge in [-0.3, -0.25) is 9.69 Å². The van der Waals surface area contributed by atoms with Crippen LogP contribution in [0, 0.1) is 5.92 Å². The molecule has 1 rings (SSSR count). The van der Waals surface area contributed by atoms with Gasteiger partial charge in [-0.15, -0.1) is 0 Å². The van der Waals surface area contributed by atoms with Crippen molar-refractivity contribution in [3.8, 4) is 0 Å². The zero-order chi connectivity index (χ0) is 13.6. The third kappa shape index (κ3) is 6.97. The summed E-state index contributed by atoms with van der Waals surface area (Å²) >= 11 is 0. The summed E-state index contributed by atoms with van der Waals surface area (Å²) in [4.78, 5) is 13.7. The topological polar surface area (TPSA) is 38.8 Å². The molecule has 1 heterocycles. The second kappa shape index (κ2) is 7.10. The van der Waals surface area contributed by atoms with Crippen LogP contribution in [0.5, 0.6) is 0 Å². The first-order chi connectivity index (χ1) is 8.37. The molecule has 1 fully saturated rings. The van der Waals surface area contributed by atoms with Crippen molar-refractivity contribution in [2.45, 2.75) is 45.6 Å². The molecule has 0 N–H and O–H groups in total. The molecule has 0 aliphatic carbocycles. The maximum absolute atomic E-state index is 11.6. The zero-order valence-electron chi connectivity index (χ0n) is 12.2. The van der Waals surface area contributed by atoms with Gasteiger partial charge in [0.25, 0.3) is 0 Å². The van der Waals surface area contributed by atoms with Crippen LogP contribution < -0.4 is 0 Å². The molecule has 0 aromatic heterocycles. The highest BCUT2D eigenvalue weighted by Crippen LogP contribution is 2.18. The van der Waals surface area contributed by atoms with Gasteiger partial charge >= 0.3 is 5.97 Å². The molecule has 1 aliphatic rings. The third-order valence-electron chi connectivity index (χ3n) is 3.08. The van der Waals surface area contributed by atoms with Crippen LogP contribution in [0.2, 0.25) is 0 Å². The molecule has 0 atom stereocenters. The molecule has 0 unspecified atom stereocenters. The van der Waals surface area contributed by atoms with Crippen molar-refractivity contribution in [1.82, 2.24) is 4.90 Å². The molecular formula is C14H27NO3. The first-order valence-electron chi connectivity index (χ1n) is 6.85. The van der Waals surface area contributed by atoms with E-state index in [1.807, 2.05) is 32.7 Å². The molecule has 0 bridgehead atoms. The van der Waals surface area contributed by atoms with E-state index in [9.17, 15) is 4.79 Å². The Morgan fingerprint density at radius 1 is 1.33 bits per heavy atom. The maximum atomic E-state index is 11.6. The summed E-state index contributed by atoms with van der Waals surface area (Å²) in [7, 11) is 1.98. The average molecular weight is 257 g/mol. The zero-order valence-corrected chi connectivity index (χ0v) is 12.2. The summed E-state index contributed by atoms with van der Waals surface area (Å²) in [6, 6.07) is 0. The van der Waals surface area contributed by atoms with Gasteiger partial charge in [-0.2, -0.15) is 0 Å². The lowest BCUT2D eigenvalue weighted by atomic mass is 9.96. The molecule has 1 saturated heterocycles. The van der Waals surface area contributed by atoms with Crippen LogP contribution in [-0.2, 0) is 14.3 Å². The van der Waals surface area contributed by atoms with E-state index in [0.717, 1.165) is 44.9 Å². The van der Waals surface area contributed by atoms with E-state index in [1.165, 1.54) is 0 Å². The highest BCUT2D eigenvalue weighted by Gasteiger charge is 2.19. The number of hydrogen-bond acceptors (Lipinski definition) is 4. The van der Waals surface area contributed by atoms with E-state index in [0.29, 0.717) is 6.54 Å². The molecule has 0 spiro atoms. The van der Waals surface area contributed by atoms with E-state index < -0.39 is 5.60 Å². The Labute approximate surface area is 111 Å². The molecule has 0 amide bonds. The Bertz CT molecular complexity index is 254. The fourth-order valence-electron chi connectivity index (χ4n) is 2.11. The van der Waals surface area contributed by atoms with Crippen molar-refractivity contribution in [3.05, 3.63) is 0 Å². The standard InChI is InChI=1S/C14H27NO3/c1-14(2,3)18-13(16)11-15(4)8-5-12-6-9-17-10-7-12/h12H,5-11H2,1-4H3. The van der Waals surface area contributed by atoms with Crippen LogP contribution in [0.4, 0.5) is 0 Å². The van der Waals surface area contributed by atoms with Gasteiger partial charge in [-0.1, -0.05) is 0 Å². The predicted molar refractivity (Wildman–Crippen MR) is 71.5 cm³/mol. The van der Waals surface area contributed by atoms with Gasteiger partial charge in [0.05, 0.1) is 6.54 Å². The molecule has 0 radical (unpaired) electrons. The van der Waals surface area contributed by atoms with E-state index in [1.54, 1.807) is 0 Å². The number of ether oxygens (including phenoxy) is 2. The van der Waals surface area contributed by atoms with Crippen molar-refractivity contribution in [1.29, 1.82) is 0 Å². The number of esters is 1. The number of hydrogen-bond donors (Lipinski definition) is 0. The van der Waals surface area contributed by atoms with Gasteiger partial charge in [-0.25, -0.2) is 0 Å². The maximum Gasteiger partial charge on any atom is 0.320 e. The minimum atomic E-state index is -0.390. The average Bonchev–Trinajstić information content (AvgIpc) is 2.25. The lowest BCUT2D eigenvalue weighted by Crippen LogP contribution is -2.34. The Balaban J connectivity index is 2.16. The van der Waals surface area contributed by atoms with E-state index in [-0.39, 0.29) is 5.97 Å². The van der Waals surface area contributed by atoms with Crippen molar-refractivity contribution in [3.63, 3.8) is 0 Å². The summed E-state index contributed by atoms with van der Waals surface area (Å²) in [5.74, 6) is 0.608. The van der Waals surface area contributed by atoms with Crippen LogP contribution >= 0.6 is 0 Å². The van der Waals surface area contributed by atoms with Gasteiger partial charge in [-0.05, 0) is 59.5 Å². The largest absolute Gasteiger partial charge is 0.459 e. The molecule has 106 valence electrons. The van der Waals surface area contributed by atoms with Crippen molar-refractivity contribution >= 4 is 5.97 Å². The van der Waals surface area contributed by atoms with E-state index in [2.05, 4.69) is 0 Å².